The summed E-state index contributed by atoms with van der Waals surface area (Å²) < 4.78 is 11.4. The summed E-state index contributed by atoms with van der Waals surface area (Å²) in [4.78, 5) is 14.1. The summed E-state index contributed by atoms with van der Waals surface area (Å²) >= 11 is 0. The first kappa shape index (κ1) is 15.4. The van der Waals surface area contributed by atoms with E-state index in [4.69, 9.17) is 9.47 Å². The van der Waals surface area contributed by atoms with Crippen molar-refractivity contribution in [1.29, 1.82) is 0 Å². The van der Waals surface area contributed by atoms with Crippen molar-refractivity contribution in [3.8, 4) is 11.5 Å². The number of fused-ring (bicyclic) bond motifs is 1. The number of hydrogen-bond acceptors (Lipinski definition) is 3. The molecule has 0 spiro atoms. The SMILES string of the molecule is Cc1ccc(OCCN(C)C(=O)C2Cc3ccccc3O2)cc1. The minimum absolute atomic E-state index is 0.00583. The fourth-order valence-electron chi connectivity index (χ4n) is 2.61. The van der Waals surface area contributed by atoms with Crippen LogP contribution in [0.2, 0.25) is 0 Å². The molecule has 23 heavy (non-hydrogen) atoms. The number of rotatable bonds is 5. The van der Waals surface area contributed by atoms with Gasteiger partial charge in [0, 0.05) is 13.5 Å². The predicted molar refractivity (Wildman–Crippen MR) is 88.9 cm³/mol. The van der Waals surface area contributed by atoms with E-state index in [1.54, 1.807) is 11.9 Å². The molecule has 2 aromatic rings. The maximum absolute atomic E-state index is 12.4. The summed E-state index contributed by atoms with van der Waals surface area (Å²) in [5, 5.41) is 0. The van der Waals surface area contributed by atoms with E-state index in [0.717, 1.165) is 17.1 Å². The van der Waals surface area contributed by atoms with Crippen molar-refractivity contribution in [3.05, 3.63) is 59.7 Å². The minimum Gasteiger partial charge on any atom is -0.492 e. The first-order chi connectivity index (χ1) is 11.1. The molecule has 1 aliphatic rings. The van der Waals surface area contributed by atoms with E-state index in [9.17, 15) is 4.79 Å². The lowest BCUT2D eigenvalue weighted by molar-refractivity contribution is -0.136. The number of para-hydroxylation sites is 1. The van der Waals surface area contributed by atoms with Crippen LogP contribution in [-0.2, 0) is 11.2 Å². The average molecular weight is 311 g/mol. The Hall–Kier alpha value is -2.49. The Balaban J connectivity index is 1.48. The van der Waals surface area contributed by atoms with Crippen LogP contribution in [0.1, 0.15) is 11.1 Å². The first-order valence-electron chi connectivity index (χ1n) is 7.82. The number of ether oxygens (including phenoxy) is 2. The van der Waals surface area contributed by atoms with Crippen LogP contribution in [0.25, 0.3) is 0 Å². The Kier molecular flexibility index (Phi) is 4.51. The van der Waals surface area contributed by atoms with E-state index >= 15 is 0 Å². The number of benzene rings is 2. The highest BCUT2D eigenvalue weighted by molar-refractivity contribution is 5.82. The normalized spacial score (nSPS) is 15.7. The summed E-state index contributed by atoms with van der Waals surface area (Å²) in [7, 11) is 1.78. The smallest absolute Gasteiger partial charge is 0.263 e. The zero-order valence-electron chi connectivity index (χ0n) is 13.5. The molecule has 4 nitrogen and oxygen atoms in total. The summed E-state index contributed by atoms with van der Waals surface area (Å²) in [6, 6.07) is 15.7. The largest absolute Gasteiger partial charge is 0.492 e. The number of hydrogen-bond donors (Lipinski definition) is 0. The van der Waals surface area contributed by atoms with Crippen LogP contribution in [0.5, 0.6) is 11.5 Å². The zero-order chi connectivity index (χ0) is 16.2. The average Bonchev–Trinajstić information content (AvgIpc) is 3.00. The molecule has 3 rings (SSSR count). The van der Waals surface area contributed by atoms with Crippen LogP contribution in [-0.4, -0.2) is 37.1 Å². The lowest BCUT2D eigenvalue weighted by Crippen LogP contribution is -2.40. The summed E-state index contributed by atoms with van der Waals surface area (Å²) in [6.07, 6.45) is 0.217. The quantitative estimate of drug-likeness (QED) is 0.852. The molecule has 0 aliphatic carbocycles. The fraction of sp³-hybridized carbons (Fsp3) is 0.316. The molecular weight excluding hydrogens is 290 g/mol. The van der Waals surface area contributed by atoms with E-state index in [1.165, 1.54) is 5.56 Å². The highest BCUT2D eigenvalue weighted by Crippen LogP contribution is 2.28. The second-order valence-corrected chi connectivity index (χ2v) is 5.84. The van der Waals surface area contributed by atoms with Crippen molar-refractivity contribution in [2.75, 3.05) is 20.2 Å². The Bertz CT molecular complexity index is 656. The van der Waals surface area contributed by atoms with Gasteiger partial charge in [-0.2, -0.15) is 0 Å². The van der Waals surface area contributed by atoms with E-state index in [1.807, 2.05) is 55.5 Å². The van der Waals surface area contributed by atoms with Gasteiger partial charge in [-0.3, -0.25) is 4.79 Å². The number of nitrogens with zero attached hydrogens (tertiary/aromatic N) is 1. The predicted octanol–water partition coefficient (Wildman–Crippen LogP) is 2.84. The lowest BCUT2D eigenvalue weighted by Gasteiger charge is -2.21. The Morgan fingerprint density at radius 2 is 1.96 bits per heavy atom. The minimum atomic E-state index is -0.420. The van der Waals surface area contributed by atoms with E-state index in [2.05, 4.69) is 0 Å². The maximum Gasteiger partial charge on any atom is 0.263 e. The molecule has 0 fully saturated rings. The molecule has 1 amide bonds. The topological polar surface area (TPSA) is 38.8 Å². The molecule has 120 valence electrons. The van der Waals surface area contributed by atoms with E-state index in [0.29, 0.717) is 19.6 Å². The van der Waals surface area contributed by atoms with Gasteiger partial charge >= 0.3 is 0 Å². The molecule has 1 aliphatic heterocycles. The van der Waals surface area contributed by atoms with Crippen molar-refractivity contribution in [1.82, 2.24) is 4.90 Å². The van der Waals surface area contributed by atoms with E-state index in [-0.39, 0.29) is 5.91 Å². The van der Waals surface area contributed by atoms with Gasteiger partial charge in [-0.15, -0.1) is 0 Å². The van der Waals surface area contributed by atoms with Crippen molar-refractivity contribution in [2.45, 2.75) is 19.4 Å². The van der Waals surface area contributed by atoms with Gasteiger partial charge < -0.3 is 14.4 Å². The molecule has 2 aromatic carbocycles. The second kappa shape index (κ2) is 6.73. The number of likely N-dealkylation sites (N-methyl/N-ethyl adjacent to an activating group) is 1. The Labute approximate surface area is 136 Å². The van der Waals surface area contributed by atoms with Gasteiger partial charge in [0.2, 0.25) is 0 Å². The van der Waals surface area contributed by atoms with Gasteiger partial charge in [0.15, 0.2) is 6.10 Å². The van der Waals surface area contributed by atoms with Gasteiger partial charge in [0.05, 0.1) is 6.54 Å². The standard InChI is InChI=1S/C19H21NO3/c1-14-7-9-16(10-8-14)22-12-11-20(2)19(21)18-13-15-5-3-4-6-17(15)23-18/h3-10,18H,11-13H2,1-2H3. The summed E-state index contributed by atoms with van der Waals surface area (Å²) in [5.41, 5.74) is 2.29. The molecule has 0 bridgehead atoms. The summed E-state index contributed by atoms with van der Waals surface area (Å²) in [5.74, 6) is 1.63. The third-order valence-electron chi connectivity index (χ3n) is 4.02. The second-order valence-electron chi connectivity index (χ2n) is 5.84. The molecular formula is C19H21NO3. The summed E-state index contributed by atoms with van der Waals surface area (Å²) in [6.45, 7) is 3.03. The zero-order valence-corrected chi connectivity index (χ0v) is 13.5. The third kappa shape index (κ3) is 3.65. The van der Waals surface area contributed by atoms with Crippen molar-refractivity contribution >= 4 is 5.91 Å². The van der Waals surface area contributed by atoms with E-state index < -0.39 is 6.10 Å². The molecule has 0 saturated heterocycles. The first-order valence-corrected chi connectivity index (χ1v) is 7.82. The van der Waals surface area contributed by atoms with Crippen molar-refractivity contribution in [3.63, 3.8) is 0 Å². The molecule has 0 N–H and O–H groups in total. The van der Waals surface area contributed by atoms with Gasteiger partial charge in [0.25, 0.3) is 5.91 Å². The van der Waals surface area contributed by atoms with Crippen molar-refractivity contribution in [2.24, 2.45) is 0 Å². The highest BCUT2D eigenvalue weighted by atomic mass is 16.5. The highest BCUT2D eigenvalue weighted by Gasteiger charge is 2.30. The monoisotopic (exact) mass is 311 g/mol. The molecule has 1 atom stereocenters. The lowest BCUT2D eigenvalue weighted by atomic mass is 10.1. The van der Waals surface area contributed by atoms with Crippen LogP contribution < -0.4 is 9.47 Å². The molecule has 0 aromatic heterocycles. The van der Waals surface area contributed by atoms with Gasteiger partial charge in [-0.1, -0.05) is 35.9 Å². The molecule has 0 saturated carbocycles. The molecule has 1 unspecified atom stereocenters. The molecule has 1 heterocycles. The number of carbonyl (C=O) groups is 1. The van der Waals surface area contributed by atoms with Gasteiger partial charge in [-0.25, -0.2) is 0 Å². The van der Waals surface area contributed by atoms with Crippen LogP contribution in [0.4, 0.5) is 0 Å². The maximum atomic E-state index is 12.4. The number of amides is 1. The fourth-order valence-corrected chi connectivity index (χ4v) is 2.61. The van der Waals surface area contributed by atoms with Crippen LogP contribution >= 0.6 is 0 Å². The van der Waals surface area contributed by atoms with Crippen LogP contribution in [0, 0.1) is 6.92 Å². The van der Waals surface area contributed by atoms with Crippen LogP contribution in [0.15, 0.2) is 48.5 Å². The van der Waals surface area contributed by atoms with Crippen molar-refractivity contribution < 1.29 is 14.3 Å². The van der Waals surface area contributed by atoms with Gasteiger partial charge in [-0.05, 0) is 30.7 Å². The Morgan fingerprint density at radius 3 is 2.70 bits per heavy atom. The third-order valence-corrected chi connectivity index (χ3v) is 4.02. The number of carbonyl (C=O) groups excluding carboxylic acids is 1. The van der Waals surface area contributed by atoms with Gasteiger partial charge in [0.1, 0.15) is 18.1 Å². The number of aryl methyl sites for hydroxylation is 1. The Morgan fingerprint density at radius 1 is 1.22 bits per heavy atom. The molecule has 4 heteroatoms. The van der Waals surface area contributed by atoms with Crippen LogP contribution in [0.3, 0.4) is 0 Å². The molecule has 0 radical (unpaired) electrons.